The van der Waals surface area contributed by atoms with Crippen molar-refractivity contribution in [1.29, 1.82) is 0 Å². The fourth-order valence-electron chi connectivity index (χ4n) is 1.53. The second kappa shape index (κ2) is 7.03. The van der Waals surface area contributed by atoms with Crippen molar-refractivity contribution in [2.75, 3.05) is 24.3 Å². The highest BCUT2D eigenvalue weighted by molar-refractivity contribution is 6.30. The molecule has 1 aromatic carbocycles. The fourth-order valence-corrected chi connectivity index (χ4v) is 1.69. The van der Waals surface area contributed by atoms with Crippen molar-refractivity contribution >= 4 is 29.2 Å². The molecule has 0 saturated heterocycles. The summed E-state index contributed by atoms with van der Waals surface area (Å²) in [6.45, 7) is 2.73. The lowest BCUT2D eigenvalue weighted by atomic mass is 10.3. The second-order valence-electron chi connectivity index (χ2n) is 4.15. The van der Waals surface area contributed by atoms with Crippen LogP contribution in [0, 0.1) is 5.82 Å². The highest BCUT2D eigenvalue weighted by Crippen LogP contribution is 2.22. The van der Waals surface area contributed by atoms with Crippen LogP contribution in [0.25, 0.3) is 0 Å². The van der Waals surface area contributed by atoms with Gasteiger partial charge in [0.05, 0.1) is 12.8 Å². The molecule has 0 atom stereocenters. The number of hydrogen-bond donors (Lipinski definition) is 2. The van der Waals surface area contributed by atoms with Gasteiger partial charge in [-0.1, -0.05) is 18.5 Å². The molecule has 0 aliphatic rings. The fraction of sp³-hybridized carbons (Fsp3) is 0.308. The Hall–Kier alpha value is -2.15. The number of halogens is 2. The van der Waals surface area contributed by atoms with Crippen molar-refractivity contribution in [2.45, 2.75) is 13.3 Å². The summed E-state index contributed by atoms with van der Waals surface area (Å²) in [5.74, 6) is 0.0483. The minimum Gasteiger partial charge on any atom is -0.467 e. The molecule has 0 aliphatic heterocycles. The Morgan fingerprint density at radius 2 is 2.00 bits per heavy atom. The molecule has 0 fully saturated rings. The Morgan fingerprint density at radius 1 is 1.24 bits per heavy atom. The maximum absolute atomic E-state index is 13.8. The van der Waals surface area contributed by atoms with Crippen LogP contribution in [-0.4, -0.2) is 28.6 Å². The Morgan fingerprint density at radius 3 is 2.67 bits per heavy atom. The first kappa shape index (κ1) is 15.2. The number of rotatable bonds is 6. The molecule has 2 N–H and O–H groups in total. The first-order valence-electron chi connectivity index (χ1n) is 6.38. The predicted molar refractivity (Wildman–Crippen MR) is 79.9 cm³/mol. The minimum absolute atomic E-state index is 0.139. The number of benzene rings is 1. The number of methoxy groups -OCH3 is 1. The van der Waals surface area contributed by atoms with Crippen LogP contribution in [0.3, 0.4) is 0 Å². The van der Waals surface area contributed by atoms with Crippen molar-refractivity contribution < 1.29 is 9.13 Å². The van der Waals surface area contributed by atoms with E-state index in [1.54, 1.807) is 6.07 Å². The molecule has 21 heavy (non-hydrogen) atoms. The van der Waals surface area contributed by atoms with Gasteiger partial charge >= 0.3 is 6.01 Å². The third-order valence-corrected chi connectivity index (χ3v) is 2.74. The standard InChI is InChI=1S/C13H15ClFN5O/c1-3-6-16-11-18-12(20-13(19-11)21-2)17-10-5-4-8(14)7-9(10)15/h4-5,7H,3,6H2,1-2H3,(H2,16,17,18,19,20). The van der Waals surface area contributed by atoms with Crippen molar-refractivity contribution in [1.82, 2.24) is 15.0 Å². The molecule has 0 saturated carbocycles. The van der Waals surface area contributed by atoms with Gasteiger partial charge in [-0.05, 0) is 24.6 Å². The van der Waals surface area contributed by atoms with E-state index in [-0.39, 0.29) is 17.6 Å². The van der Waals surface area contributed by atoms with Crippen molar-refractivity contribution in [3.8, 4) is 6.01 Å². The van der Waals surface area contributed by atoms with E-state index in [0.29, 0.717) is 17.5 Å². The molecule has 0 bridgehead atoms. The van der Waals surface area contributed by atoms with Gasteiger partial charge in [-0.25, -0.2) is 4.39 Å². The van der Waals surface area contributed by atoms with Crippen LogP contribution in [0.2, 0.25) is 5.02 Å². The number of anilines is 3. The topological polar surface area (TPSA) is 72.0 Å². The summed E-state index contributed by atoms with van der Waals surface area (Å²) >= 11 is 5.71. The van der Waals surface area contributed by atoms with Crippen molar-refractivity contribution in [2.24, 2.45) is 0 Å². The number of ether oxygens (including phenoxy) is 1. The van der Waals surface area contributed by atoms with E-state index in [0.717, 1.165) is 6.42 Å². The van der Waals surface area contributed by atoms with E-state index in [1.807, 2.05) is 6.92 Å². The molecule has 2 aromatic rings. The van der Waals surface area contributed by atoms with Gasteiger partial charge in [0.25, 0.3) is 0 Å². The van der Waals surface area contributed by atoms with Crippen LogP contribution in [0.1, 0.15) is 13.3 Å². The average molecular weight is 312 g/mol. The van der Waals surface area contributed by atoms with Gasteiger partial charge in [0.2, 0.25) is 11.9 Å². The summed E-state index contributed by atoms with van der Waals surface area (Å²) in [6.07, 6.45) is 0.919. The van der Waals surface area contributed by atoms with E-state index in [2.05, 4.69) is 25.6 Å². The number of aromatic nitrogens is 3. The number of hydrogen-bond acceptors (Lipinski definition) is 6. The second-order valence-corrected chi connectivity index (χ2v) is 4.58. The van der Waals surface area contributed by atoms with Crippen molar-refractivity contribution in [3.05, 3.63) is 29.0 Å². The Balaban J connectivity index is 2.25. The van der Waals surface area contributed by atoms with Gasteiger partial charge in [0.1, 0.15) is 5.82 Å². The zero-order chi connectivity index (χ0) is 15.2. The summed E-state index contributed by atoms with van der Waals surface area (Å²) in [5, 5.41) is 6.11. The van der Waals surface area contributed by atoms with Gasteiger partial charge < -0.3 is 15.4 Å². The molecule has 112 valence electrons. The molecule has 6 nitrogen and oxygen atoms in total. The number of nitrogens with zero attached hydrogens (tertiary/aromatic N) is 3. The van der Waals surface area contributed by atoms with Gasteiger partial charge in [-0.15, -0.1) is 0 Å². The predicted octanol–water partition coefficient (Wildman–Crippen LogP) is 3.24. The molecule has 0 radical (unpaired) electrons. The van der Waals surface area contributed by atoms with E-state index in [4.69, 9.17) is 16.3 Å². The van der Waals surface area contributed by atoms with Crippen LogP contribution >= 0.6 is 11.6 Å². The molecule has 8 heteroatoms. The van der Waals surface area contributed by atoms with Gasteiger partial charge in [-0.2, -0.15) is 15.0 Å². The summed E-state index contributed by atoms with van der Waals surface area (Å²) in [7, 11) is 1.45. The lowest BCUT2D eigenvalue weighted by molar-refractivity contribution is 0.379. The smallest absolute Gasteiger partial charge is 0.322 e. The SMILES string of the molecule is CCCNc1nc(Nc2ccc(Cl)cc2F)nc(OC)n1. The van der Waals surface area contributed by atoms with Gasteiger partial charge in [0, 0.05) is 11.6 Å². The molecule has 1 aromatic heterocycles. The molecule has 2 rings (SSSR count). The van der Waals surface area contributed by atoms with Crippen LogP contribution in [-0.2, 0) is 0 Å². The first-order chi connectivity index (χ1) is 10.1. The van der Waals surface area contributed by atoms with E-state index in [9.17, 15) is 4.39 Å². The lowest BCUT2D eigenvalue weighted by Gasteiger charge is -2.09. The normalized spacial score (nSPS) is 10.3. The monoisotopic (exact) mass is 311 g/mol. The summed E-state index contributed by atoms with van der Waals surface area (Å²) in [5.41, 5.74) is 0.217. The Bertz CT molecular complexity index is 626. The maximum Gasteiger partial charge on any atom is 0.322 e. The molecular weight excluding hydrogens is 297 g/mol. The third kappa shape index (κ3) is 4.16. The Kier molecular flexibility index (Phi) is 5.10. The lowest BCUT2D eigenvalue weighted by Crippen LogP contribution is -2.09. The van der Waals surface area contributed by atoms with Crippen LogP contribution in [0.5, 0.6) is 6.01 Å². The van der Waals surface area contributed by atoms with Gasteiger partial charge in [0.15, 0.2) is 0 Å². The Labute approximate surface area is 126 Å². The minimum atomic E-state index is -0.495. The van der Waals surface area contributed by atoms with E-state index >= 15 is 0 Å². The first-order valence-corrected chi connectivity index (χ1v) is 6.76. The summed E-state index contributed by atoms with van der Waals surface area (Å²) in [4.78, 5) is 12.2. The highest BCUT2D eigenvalue weighted by atomic mass is 35.5. The molecule has 0 unspecified atom stereocenters. The quantitative estimate of drug-likeness (QED) is 0.853. The van der Waals surface area contributed by atoms with E-state index in [1.165, 1.54) is 19.2 Å². The maximum atomic E-state index is 13.8. The summed E-state index contributed by atoms with van der Waals surface area (Å²) in [6, 6.07) is 4.42. The van der Waals surface area contributed by atoms with Crippen molar-refractivity contribution in [3.63, 3.8) is 0 Å². The van der Waals surface area contributed by atoms with Crippen LogP contribution in [0.4, 0.5) is 22.0 Å². The largest absolute Gasteiger partial charge is 0.467 e. The zero-order valence-corrected chi connectivity index (χ0v) is 12.4. The average Bonchev–Trinajstić information content (AvgIpc) is 2.48. The number of nitrogens with one attached hydrogen (secondary N) is 2. The molecule has 0 spiro atoms. The van der Waals surface area contributed by atoms with E-state index < -0.39 is 5.82 Å². The molecule has 1 heterocycles. The third-order valence-electron chi connectivity index (χ3n) is 2.51. The molecule has 0 amide bonds. The van der Waals surface area contributed by atoms with Crippen LogP contribution < -0.4 is 15.4 Å². The molecular formula is C13H15ClFN5O. The zero-order valence-electron chi connectivity index (χ0n) is 11.7. The molecule has 0 aliphatic carbocycles. The van der Waals surface area contributed by atoms with Gasteiger partial charge in [-0.3, -0.25) is 0 Å². The summed E-state index contributed by atoms with van der Waals surface area (Å²) < 4.78 is 18.8. The van der Waals surface area contributed by atoms with Crippen LogP contribution in [0.15, 0.2) is 18.2 Å². The highest BCUT2D eigenvalue weighted by Gasteiger charge is 2.09.